The molecule has 0 fully saturated rings. The Morgan fingerprint density at radius 3 is 2.52 bits per heavy atom. The molecule has 1 aliphatic carbocycles. The van der Waals surface area contributed by atoms with E-state index in [0.29, 0.717) is 5.75 Å². The summed E-state index contributed by atoms with van der Waals surface area (Å²) in [5.41, 5.74) is 6.32. The Kier molecular flexibility index (Phi) is 6.30. The number of hydrogen-bond acceptors (Lipinski definition) is 1. The van der Waals surface area contributed by atoms with Crippen molar-refractivity contribution in [3.63, 3.8) is 0 Å². The van der Waals surface area contributed by atoms with Gasteiger partial charge in [0.25, 0.3) is 0 Å². The smallest absolute Gasteiger partial charge is 0.123 e. The van der Waals surface area contributed by atoms with Crippen LogP contribution in [0.25, 0.3) is 11.1 Å². The number of rotatable bonds is 6. The molecule has 0 aliphatic heterocycles. The third kappa shape index (κ3) is 4.52. The van der Waals surface area contributed by atoms with Crippen LogP contribution < -0.4 is 0 Å². The number of halogens is 2. The molecule has 0 spiro atoms. The largest absolute Gasteiger partial charge is 0.508 e. The first-order chi connectivity index (χ1) is 12.2. The maximum atomic E-state index is 13.4. The van der Waals surface area contributed by atoms with Crippen LogP contribution in [0.15, 0.2) is 42.5 Å². The number of fused-ring (bicyclic) bond motifs is 1. The van der Waals surface area contributed by atoms with Crippen LogP contribution in [0.4, 0.5) is 4.39 Å². The molecule has 132 valence electrons. The molecule has 0 aromatic heterocycles. The van der Waals surface area contributed by atoms with Crippen molar-refractivity contribution in [3.05, 3.63) is 65.0 Å². The molecule has 1 aliphatic rings. The number of hydrogen-bond donors (Lipinski definition) is 1. The number of phenolic OH excluding ortho intramolecular Hbond substituents is 1. The molecule has 0 radical (unpaired) electrons. The number of benzene rings is 2. The minimum Gasteiger partial charge on any atom is -0.508 e. The quantitative estimate of drug-likeness (QED) is 0.419. The van der Waals surface area contributed by atoms with Crippen molar-refractivity contribution in [2.75, 3.05) is 5.33 Å². The summed E-state index contributed by atoms with van der Waals surface area (Å²) in [5, 5.41) is 10.9. The molecule has 0 bridgehead atoms. The molecule has 0 atom stereocenters. The number of aryl methyl sites for hydroxylation is 1. The van der Waals surface area contributed by atoms with Crippen molar-refractivity contribution in [2.45, 2.75) is 44.9 Å². The number of alkyl halides is 1. The van der Waals surface area contributed by atoms with E-state index in [0.717, 1.165) is 43.0 Å². The molecule has 1 nitrogen and oxygen atoms in total. The average Bonchev–Trinajstić information content (AvgIpc) is 2.78. The molecule has 0 saturated heterocycles. The molecule has 1 N–H and O–H groups in total. The molecule has 0 unspecified atom stereocenters. The first kappa shape index (κ1) is 18.2. The van der Waals surface area contributed by atoms with E-state index in [1.165, 1.54) is 35.1 Å². The van der Waals surface area contributed by atoms with Gasteiger partial charge in [0, 0.05) is 5.33 Å². The van der Waals surface area contributed by atoms with Gasteiger partial charge in [0.1, 0.15) is 11.6 Å². The fraction of sp³-hybridized carbons (Fsp3) is 0.364. The van der Waals surface area contributed by atoms with Crippen LogP contribution in [0.1, 0.15) is 55.2 Å². The van der Waals surface area contributed by atoms with E-state index in [1.54, 1.807) is 18.2 Å². The van der Waals surface area contributed by atoms with Crippen molar-refractivity contribution in [2.24, 2.45) is 0 Å². The van der Waals surface area contributed by atoms with Crippen LogP contribution in [-0.2, 0) is 6.42 Å². The molecule has 25 heavy (non-hydrogen) atoms. The van der Waals surface area contributed by atoms with Gasteiger partial charge in [0.2, 0.25) is 0 Å². The van der Waals surface area contributed by atoms with Crippen molar-refractivity contribution in [1.29, 1.82) is 0 Å². The number of aromatic hydroxyl groups is 1. The molecule has 0 amide bonds. The van der Waals surface area contributed by atoms with Crippen LogP contribution >= 0.6 is 15.9 Å². The lowest BCUT2D eigenvalue weighted by molar-refractivity contribution is 0.474. The summed E-state index contributed by atoms with van der Waals surface area (Å²) in [6.07, 6.45) is 7.56. The average molecular weight is 403 g/mol. The van der Waals surface area contributed by atoms with Crippen molar-refractivity contribution < 1.29 is 9.50 Å². The minimum atomic E-state index is -0.192. The van der Waals surface area contributed by atoms with Crippen molar-refractivity contribution >= 4 is 27.1 Å². The molecular formula is C22H24BrFO. The second-order valence-corrected chi connectivity index (χ2v) is 7.45. The van der Waals surface area contributed by atoms with Gasteiger partial charge in [0.15, 0.2) is 0 Å². The zero-order valence-corrected chi connectivity index (χ0v) is 16.0. The molecule has 3 rings (SSSR count). The Hall–Kier alpha value is -1.61. The lowest BCUT2D eigenvalue weighted by Crippen LogP contribution is -1.95. The third-order valence-corrected chi connectivity index (χ3v) is 5.46. The van der Waals surface area contributed by atoms with Crippen LogP contribution in [0.2, 0.25) is 0 Å². The summed E-state index contributed by atoms with van der Waals surface area (Å²) in [5.74, 6) is 0.143. The molecule has 0 heterocycles. The Morgan fingerprint density at radius 1 is 0.960 bits per heavy atom. The summed E-state index contributed by atoms with van der Waals surface area (Å²) in [6, 6.07) is 12.6. The van der Waals surface area contributed by atoms with E-state index in [-0.39, 0.29) is 5.82 Å². The highest BCUT2D eigenvalue weighted by molar-refractivity contribution is 9.09. The van der Waals surface area contributed by atoms with Gasteiger partial charge in [-0.05, 0) is 90.6 Å². The van der Waals surface area contributed by atoms with Crippen LogP contribution in [0.5, 0.6) is 5.75 Å². The normalized spacial score (nSPS) is 14.3. The van der Waals surface area contributed by atoms with E-state index in [1.807, 2.05) is 18.2 Å². The first-order valence-corrected chi connectivity index (χ1v) is 10.2. The lowest BCUT2D eigenvalue weighted by atomic mass is 9.89. The predicted molar refractivity (Wildman–Crippen MR) is 107 cm³/mol. The van der Waals surface area contributed by atoms with E-state index < -0.39 is 0 Å². The summed E-state index contributed by atoms with van der Waals surface area (Å²) in [4.78, 5) is 0. The summed E-state index contributed by atoms with van der Waals surface area (Å²) in [7, 11) is 0. The van der Waals surface area contributed by atoms with Gasteiger partial charge in [-0.3, -0.25) is 0 Å². The van der Waals surface area contributed by atoms with Crippen LogP contribution in [0.3, 0.4) is 0 Å². The fourth-order valence-electron chi connectivity index (χ4n) is 3.68. The van der Waals surface area contributed by atoms with Gasteiger partial charge in [-0.25, -0.2) is 4.39 Å². The highest BCUT2D eigenvalue weighted by Crippen LogP contribution is 2.39. The van der Waals surface area contributed by atoms with Gasteiger partial charge in [-0.2, -0.15) is 0 Å². The minimum absolute atomic E-state index is 0.192. The van der Waals surface area contributed by atoms with E-state index in [9.17, 15) is 9.50 Å². The van der Waals surface area contributed by atoms with Gasteiger partial charge in [-0.15, -0.1) is 0 Å². The van der Waals surface area contributed by atoms with Gasteiger partial charge >= 0.3 is 0 Å². The standard InChI is InChI=1S/C22H24BrFO/c23-14-3-1-2-6-22-20(16-8-10-18(24)11-9-16)7-4-5-17-15-19(25)12-13-21(17)22/h8-13,15,25H,1-7,14H2. The Bertz CT molecular complexity index is 749. The summed E-state index contributed by atoms with van der Waals surface area (Å²) in [6.45, 7) is 0. The predicted octanol–water partition coefficient (Wildman–Crippen LogP) is 6.73. The van der Waals surface area contributed by atoms with Crippen LogP contribution in [-0.4, -0.2) is 10.4 Å². The molecule has 2 aromatic carbocycles. The second kappa shape index (κ2) is 8.66. The second-order valence-electron chi connectivity index (χ2n) is 6.66. The Balaban J connectivity index is 2.02. The van der Waals surface area contributed by atoms with Gasteiger partial charge in [-0.1, -0.05) is 40.5 Å². The maximum absolute atomic E-state index is 13.4. The zero-order chi connectivity index (χ0) is 17.6. The SMILES string of the molecule is Oc1ccc2c(c1)CCCC(c1ccc(F)cc1)=C2CCCCCBr. The molecule has 2 aromatic rings. The van der Waals surface area contributed by atoms with Crippen molar-refractivity contribution in [3.8, 4) is 5.75 Å². The lowest BCUT2D eigenvalue weighted by Gasteiger charge is -2.16. The molecule has 3 heteroatoms. The van der Waals surface area contributed by atoms with Gasteiger partial charge in [0.05, 0.1) is 0 Å². The van der Waals surface area contributed by atoms with Crippen molar-refractivity contribution in [1.82, 2.24) is 0 Å². The van der Waals surface area contributed by atoms with Crippen LogP contribution in [0, 0.1) is 5.82 Å². The summed E-state index contributed by atoms with van der Waals surface area (Å²) >= 11 is 3.50. The highest BCUT2D eigenvalue weighted by atomic mass is 79.9. The Labute approximate surface area is 157 Å². The highest BCUT2D eigenvalue weighted by Gasteiger charge is 2.18. The third-order valence-electron chi connectivity index (χ3n) is 4.90. The molecule has 0 saturated carbocycles. The number of unbranched alkanes of at least 4 members (excludes halogenated alkanes) is 2. The topological polar surface area (TPSA) is 20.2 Å². The monoisotopic (exact) mass is 402 g/mol. The Morgan fingerprint density at radius 2 is 1.76 bits per heavy atom. The van der Waals surface area contributed by atoms with E-state index in [4.69, 9.17) is 0 Å². The van der Waals surface area contributed by atoms with E-state index in [2.05, 4.69) is 22.0 Å². The van der Waals surface area contributed by atoms with Gasteiger partial charge < -0.3 is 5.11 Å². The number of allylic oxidation sites excluding steroid dienone is 2. The zero-order valence-electron chi connectivity index (χ0n) is 14.4. The maximum Gasteiger partial charge on any atom is 0.123 e. The molecular weight excluding hydrogens is 379 g/mol. The first-order valence-electron chi connectivity index (χ1n) is 9.05. The fourth-order valence-corrected chi connectivity index (χ4v) is 4.08. The summed E-state index contributed by atoms with van der Waals surface area (Å²) < 4.78 is 13.4. The van der Waals surface area contributed by atoms with E-state index >= 15 is 0 Å². The number of phenols is 1.